The summed E-state index contributed by atoms with van der Waals surface area (Å²) in [5, 5.41) is 10.6. The number of benzene rings is 1. The summed E-state index contributed by atoms with van der Waals surface area (Å²) >= 11 is 0. The highest BCUT2D eigenvalue weighted by atomic mass is 16.6. The average molecular weight is 180 g/mol. The van der Waals surface area contributed by atoms with E-state index in [-0.39, 0.29) is 10.6 Å². The minimum absolute atomic E-state index is 0.191. The maximum atomic E-state index is 10.6. The molecule has 4 nitrogen and oxygen atoms in total. The van der Waals surface area contributed by atoms with Crippen molar-refractivity contribution < 1.29 is 4.92 Å². The summed E-state index contributed by atoms with van der Waals surface area (Å²) in [5.74, 6) is 0. The molecule has 0 heterocycles. The van der Waals surface area contributed by atoms with Crippen LogP contribution in [0.15, 0.2) is 24.3 Å². The van der Waals surface area contributed by atoms with Crippen LogP contribution in [0.4, 0.5) is 5.69 Å². The van der Waals surface area contributed by atoms with Gasteiger partial charge in [-0.05, 0) is 14.1 Å². The lowest BCUT2D eigenvalue weighted by Crippen LogP contribution is -2.11. The Labute approximate surface area is 76.9 Å². The summed E-state index contributed by atoms with van der Waals surface area (Å²) in [6, 6.07) is 6.79. The molecule has 0 fully saturated rings. The lowest BCUT2D eigenvalue weighted by atomic mass is 10.2. The van der Waals surface area contributed by atoms with Crippen LogP contribution in [0.5, 0.6) is 0 Å². The molecule has 0 aliphatic rings. The van der Waals surface area contributed by atoms with Crippen LogP contribution in [0, 0.1) is 10.1 Å². The lowest BCUT2D eigenvalue weighted by Gasteiger charge is -2.09. The first-order valence-corrected chi connectivity index (χ1v) is 3.98. The van der Waals surface area contributed by atoms with Crippen LogP contribution in [0.3, 0.4) is 0 Å². The minimum Gasteiger partial charge on any atom is -0.305 e. The number of nitro groups is 1. The van der Waals surface area contributed by atoms with Gasteiger partial charge in [0.1, 0.15) is 0 Å². The van der Waals surface area contributed by atoms with E-state index in [9.17, 15) is 10.1 Å². The summed E-state index contributed by atoms with van der Waals surface area (Å²) < 4.78 is 0. The third kappa shape index (κ3) is 2.52. The standard InChI is InChI=1S/C9H12N2O2/c1-10(2)7-8-5-3-4-6-9(8)11(12)13/h3-6H,7H2,1-2H3. The number of hydrogen-bond donors (Lipinski definition) is 0. The molecule has 0 saturated carbocycles. The van der Waals surface area contributed by atoms with E-state index in [2.05, 4.69) is 0 Å². The van der Waals surface area contributed by atoms with Crippen LogP contribution in [0.2, 0.25) is 0 Å². The van der Waals surface area contributed by atoms with Gasteiger partial charge in [-0.15, -0.1) is 0 Å². The summed E-state index contributed by atoms with van der Waals surface area (Å²) in [7, 11) is 3.77. The molecule has 0 radical (unpaired) electrons. The summed E-state index contributed by atoms with van der Waals surface area (Å²) in [6.45, 7) is 0.594. The van der Waals surface area contributed by atoms with Gasteiger partial charge in [0.25, 0.3) is 5.69 Å². The molecule has 70 valence electrons. The number of hydrogen-bond acceptors (Lipinski definition) is 3. The van der Waals surface area contributed by atoms with Gasteiger partial charge in [-0.3, -0.25) is 10.1 Å². The van der Waals surface area contributed by atoms with Crippen molar-refractivity contribution in [3.8, 4) is 0 Å². The molecule has 0 aliphatic heterocycles. The molecule has 1 rings (SSSR count). The first-order chi connectivity index (χ1) is 6.11. The molecule has 0 N–H and O–H groups in total. The molecule has 13 heavy (non-hydrogen) atoms. The fraction of sp³-hybridized carbons (Fsp3) is 0.333. The van der Waals surface area contributed by atoms with Crippen LogP contribution in [-0.2, 0) is 6.54 Å². The molecule has 0 amide bonds. The normalized spacial score (nSPS) is 10.4. The second-order valence-corrected chi connectivity index (χ2v) is 3.12. The highest BCUT2D eigenvalue weighted by Crippen LogP contribution is 2.18. The molecule has 0 spiro atoms. The number of nitrogens with zero attached hydrogens (tertiary/aromatic N) is 2. The zero-order valence-corrected chi connectivity index (χ0v) is 7.73. The van der Waals surface area contributed by atoms with Crippen molar-refractivity contribution in [3.05, 3.63) is 39.9 Å². The van der Waals surface area contributed by atoms with E-state index < -0.39 is 0 Å². The Kier molecular flexibility index (Phi) is 2.97. The Morgan fingerprint density at radius 3 is 2.54 bits per heavy atom. The first-order valence-electron chi connectivity index (χ1n) is 3.98. The van der Waals surface area contributed by atoms with Gasteiger partial charge < -0.3 is 4.90 Å². The molecule has 0 atom stereocenters. The highest BCUT2D eigenvalue weighted by molar-refractivity contribution is 5.39. The molecule has 0 aliphatic carbocycles. The third-order valence-corrected chi connectivity index (χ3v) is 1.67. The largest absolute Gasteiger partial charge is 0.305 e. The van der Waals surface area contributed by atoms with Gasteiger partial charge in [0, 0.05) is 18.2 Å². The van der Waals surface area contributed by atoms with Crippen molar-refractivity contribution >= 4 is 5.69 Å². The Morgan fingerprint density at radius 2 is 2.00 bits per heavy atom. The van der Waals surface area contributed by atoms with Crippen molar-refractivity contribution in [2.45, 2.75) is 6.54 Å². The summed E-state index contributed by atoms with van der Waals surface area (Å²) in [5.41, 5.74) is 0.939. The maximum Gasteiger partial charge on any atom is 0.273 e. The molecule has 4 heteroatoms. The molecule has 0 bridgehead atoms. The number of para-hydroxylation sites is 1. The Hall–Kier alpha value is -1.42. The molecular weight excluding hydrogens is 168 g/mol. The summed E-state index contributed by atoms with van der Waals surface area (Å²) in [6.07, 6.45) is 0. The Bertz CT molecular complexity index is 310. The fourth-order valence-corrected chi connectivity index (χ4v) is 1.16. The third-order valence-electron chi connectivity index (χ3n) is 1.67. The number of rotatable bonds is 3. The predicted octanol–water partition coefficient (Wildman–Crippen LogP) is 1.66. The fourth-order valence-electron chi connectivity index (χ4n) is 1.16. The van der Waals surface area contributed by atoms with Crippen molar-refractivity contribution in [3.63, 3.8) is 0 Å². The average Bonchev–Trinajstić information content (AvgIpc) is 2.03. The minimum atomic E-state index is -0.348. The second-order valence-electron chi connectivity index (χ2n) is 3.12. The smallest absolute Gasteiger partial charge is 0.273 e. The van der Waals surface area contributed by atoms with Crippen LogP contribution in [-0.4, -0.2) is 23.9 Å². The van der Waals surface area contributed by atoms with E-state index >= 15 is 0 Å². The second kappa shape index (κ2) is 4.00. The molecular formula is C9H12N2O2. The monoisotopic (exact) mass is 180 g/mol. The van der Waals surface area contributed by atoms with Crippen molar-refractivity contribution in [1.29, 1.82) is 0 Å². The lowest BCUT2D eigenvalue weighted by molar-refractivity contribution is -0.385. The first kappa shape index (κ1) is 9.67. The molecule has 0 aromatic heterocycles. The number of nitro benzene ring substituents is 1. The molecule has 1 aromatic carbocycles. The predicted molar refractivity (Wildman–Crippen MR) is 50.5 cm³/mol. The van der Waals surface area contributed by atoms with Gasteiger partial charge in [0.2, 0.25) is 0 Å². The topological polar surface area (TPSA) is 46.4 Å². The van der Waals surface area contributed by atoms with E-state index in [4.69, 9.17) is 0 Å². The zero-order valence-electron chi connectivity index (χ0n) is 7.73. The van der Waals surface area contributed by atoms with E-state index in [1.165, 1.54) is 6.07 Å². The van der Waals surface area contributed by atoms with Crippen LogP contribution >= 0.6 is 0 Å². The molecule has 0 unspecified atom stereocenters. The Morgan fingerprint density at radius 1 is 1.38 bits per heavy atom. The van der Waals surface area contributed by atoms with Gasteiger partial charge in [0.05, 0.1) is 4.92 Å². The molecule has 0 saturated heterocycles. The maximum absolute atomic E-state index is 10.6. The van der Waals surface area contributed by atoms with Crippen LogP contribution in [0.1, 0.15) is 5.56 Å². The van der Waals surface area contributed by atoms with E-state index in [1.807, 2.05) is 25.1 Å². The summed E-state index contributed by atoms with van der Waals surface area (Å²) in [4.78, 5) is 12.1. The van der Waals surface area contributed by atoms with E-state index in [1.54, 1.807) is 12.1 Å². The quantitative estimate of drug-likeness (QED) is 0.525. The van der Waals surface area contributed by atoms with Crippen molar-refractivity contribution in [2.75, 3.05) is 14.1 Å². The van der Waals surface area contributed by atoms with Gasteiger partial charge in [-0.1, -0.05) is 18.2 Å². The van der Waals surface area contributed by atoms with Gasteiger partial charge in [-0.2, -0.15) is 0 Å². The highest BCUT2D eigenvalue weighted by Gasteiger charge is 2.11. The van der Waals surface area contributed by atoms with Crippen LogP contribution < -0.4 is 0 Å². The zero-order chi connectivity index (χ0) is 9.84. The van der Waals surface area contributed by atoms with Gasteiger partial charge >= 0.3 is 0 Å². The van der Waals surface area contributed by atoms with Crippen molar-refractivity contribution in [1.82, 2.24) is 4.90 Å². The van der Waals surface area contributed by atoms with Gasteiger partial charge in [-0.25, -0.2) is 0 Å². The molecule has 1 aromatic rings. The van der Waals surface area contributed by atoms with Crippen molar-refractivity contribution in [2.24, 2.45) is 0 Å². The van der Waals surface area contributed by atoms with Gasteiger partial charge in [0.15, 0.2) is 0 Å². The SMILES string of the molecule is CN(C)Cc1ccccc1[N+](=O)[O-]. The van der Waals surface area contributed by atoms with Crippen LogP contribution in [0.25, 0.3) is 0 Å². The van der Waals surface area contributed by atoms with E-state index in [0.717, 1.165) is 5.56 Å². The Balaban J connectivity index is 2.98. The van der Waals surface area contributed by atoms with E-state index in [0.29, 0.717) is 6.54 Å².